The lowest BCUT2D eigenvalue weighted by molar-refractivity contribution is -0.142. The molecular formula is C31H37BrN2O4. The van der Waals surface area contributed by atoms with Crippen LogP contribution in [0, 0.1) is 5.92 Å². The average Bonchev–Trinajstić information content (AvgIpc) is 2.93. The van der Waals surface area contributed by atoms with Crippen LogP contribution >= 0.6 is 15.9 Å². The van der Waals surface area contributed by atoms with Crippen molar-refractivity contribution in [2.24, 2.45) is 5.92 Å². The molecule has 3 aromatic carbocycles. The molecule has 7 heteroatoms. The van der Waals surface area contributed by atoms with Gasteiger partial charge >= 0.3 is 0 Å². The highest BCUT2D eigenvalue weighted by Crippen LogP contribution is 2.27. The number of hydrogen-bond donors (Lipinski definition) is 1. The van der Waals surface area contributed by atoms with E-state index in [9.17, 15) is 9.59 Å². The van der Waals surface area contributed by atoms with Crippen molar-refractivity contribution in [3.63, 3.8) is 0 Å². The smallest absolute Gasteiger partial charge is 0.261 e. The van der Waals surface area contributed by atoms with Crippen LogP contribution in [0.3, 0.4) is 0 Å². The number of halogens is 1. The summed E-state index contributed by atoms with van der Waals surface area (Å²) in [6.07, 6.45) is 1.29. The Labute approximate surface area is 234 Å². The van der Waals surface area contributed by atoms with Crippen LogP contribution in [0.25, 0.3) is 0 Å². The van der Waals surface area contributed by atoms with Crippen molar-refractivity contribution in [2.75, 3.05) is 20.3 Å². The van der Waals surface area contributed by atoms with Crippen LogP contribution in [0.5, 0.6) is 11.5 Å². The largest absolute Gasteiger partial charge is 0.497 e. The van der Waals surface area contributed by atoms with E-state index in [1.807, 2.05) is 86.6 Å². The average molecular weight is 582 g/mol. The maximum atomic E-state index is 13.8. The number of hydrogen-bond acceptors (Lipinski definition) is 4. The number of ether oxygens (including phenoxy) is 2. The summed E-state index contributed by atoms with van der Waals surface area (Å²) in [6.45, 7) is 6.74. The highest BCUT2D eigenvalue weighted by Gasteiger charge is 2.31. The van der Waals surface area contributed by atoms with Gasteiger partial charge in [0.1, 0.15) is 17.5 Å². The van der Waals surface area contributed by atoms with Crippen LogP contribution in [0.2, 0.25) is 0 Å². The fourth-order valence-corrected chi connectivity index (χ4v) is 4.59. The van der Waals surface area contributed by atoms with E-state index in [-0.39, 0.29) is 30.9 Å². The fraction of sp³-hybridized carbons (Fsp3) is 0.355. The predicted octanol–water partition coefficient (Wildman–Crippen LogP) is 5.81. The summed E-state index contributed by atoms with van der Waals surface area (Å²) < 4.78 is 12.1. The minimum atomic E-state index is -0.718. The highest BCUT2D eigenvalue weighted by atomic mass is 79.9. The zero-order valence-corrected chi connectivity index (χ0v) is 24.2. The summed E-state index contributed by atoms with van der Waals surface area (Å²) in [6, 6.07) is 22.4. The molecule has 0 fully saturated rings. The van der Waals surface area contributed by atoms with Gasteiger partial charge in [-0.25, -0.2) is 0 Å². The Morgan fingerprint density at radius 2 is 1.68 bits per heavy atom. The molecule has 38 heavy (non-hydrogen) atoms. The second-order valence-electron chi connectivity index (χ2n) is 9.62. The Morgan fingerprint density at radius 3 is 2.34 bits per heavy atom. The molecule has 0 radical (unpaired) electrons. The number of amides is 2. The van der Waals surface area contributed by atoms with Crippen LogP contribution in [0.1, 0.15) is 37.5 Å². The number of carbonyl (C=O) groups excluding carboxylic acids is 2. The van der Waals surface area contributed by atoms with Gasteiger partial charge in [-0.05, 0) is 69.2 Å². The maximum Gasteiger partial charge on any atom is 0.261 e. The second-order valence-corrected chi connectivity index (χ2v) is 10.5. The number of benzene rings is 3. The van der Waals surface area contributed by atoms with Gasteiger partial charge in [-0.2, -0.15) is 0 Å². The van der Waals surface area contributed by atoms with E-state index >= 15 is 0 Å². The van der Waals surface area contributed by atoms with Crippen molar-refractivity contribution in [1.82, 2.24) is 10.2 Å². The van der Waals surface area contributed by atoms with Crippen molar-refractivity contribution in [3.05, 3.63) is 94.0 Å². The summed E-state index contributed by atoms with van der Waals surface area (Å²) >= 11 is 3.55. The normalized spacial score (nSPS) is 11.6. The van der Waals surface area contributed by atoms with Crippen molar-refractivity contribution < 1.29 is 19.1 Å². The van der Waals surface area contributed by atoms with Crippen molar-refractivity contribution in [1.29, 1.82) is 0 Å². The molecule has 0 saturated carbocycles. The SMILES string of the molecule is CCc1ccc(OCC(=O)N(Cc2cccc(OC)c2)[C@H](Cc2ccccc2)C(=O)NCC(C)C)c(Br)c1. The molecule has 3 rings (SSSR count). The zero-order valence-electron chi connectivity index (χ0n) is 22.6. The molecule has 2 amide bonds. The van der Waals surface area contributed by atoms with Gasteiger partial charge in [-0.3, -0.25) is 9.59 Å². The van der Waals surface area contributed by atoms with E-state index in [0.717, 1.165) is 22.0 Å². The summed E-state index contributed by atoms with van der Waals surface area (Å²) in [5.41, 5.74) is 3.00. The molecule has 0 aliphatic carbocycles. The van der Waals surface area contributed by atoms with Gasteiger partial charge in [-0.15, -0.1) is 0 Å². The molecule has 0 heterocycles. The monoisotopic (exact) mass is 580 g/mol. The number of methoxy groups -OCH3 is 1. The van der Waals surface area contributed by atoms with Gasteiger partial charge in [0, 0.05) is 19.5 Å². The molecule has 0 spiro atoms. The van der Waals surface area contributed by atoms with Gasteiger partial charge < -0.3 is 19.7 Å². The summed E-state index contributed by atoms with van der Waals surface area (Å²) in [5.74, 6) is 1.09. The standard InChI is InChI=1S/C31H37BrN2O4/c1-5-23-14-15-29(27(32)17-23)38-21-30(35)34(20-25-12-9-13-26(16-25)37-4)28(31(36)33-19-22(2)3)18-24-10-7-6-8-11-24/h6-17,22,28H,5,18-21H2,1-4H3,(H,33,36)/t28-/m1/s1. The lowest BCUT2D eigenvalue weighted by Gasteiger charge is -2.32. The van der Waals surface area contributed by atoms with E-state index in [1.165, 1.54) is 5.56 Å². The quantitative estimate of drug-likeness (QED) is 0.277. The van der Waals surface area contributed by atoms with Gasteiger partial charge in [0.25, 0.3) is 5.91 Å². The minimum Gasteiger partial charge on any atom is -0.497 e. The Kier molecular flexibility index (Phi) is 11.2. The molecular weight excluding hydrogens is 544 g/mol. The van der Waals surface area contributed by atoms with Crippen LogP contribution < -0.4 is 14.8 Å². The van der Waals surface area contributed by atoms with Crippen LogP contribution in [0.4, 0.5) is 0 Å². The van der Waals surface area contributed by atoms with Crippen molar-refractivity contribution in [2.45, 2.75) is 46.2 Å². The third-order valence-corrected chi connectivity index (χ3v) is 6.82. The third kappa shape index (κ3) is 8.62. The predicted molar refractivity (Wildman–Crippen MR) is 154 cm³/mol. The number of nitrogens with zero attached hydrogens (tertiary/aromatic N) is 1. The molecule has 0 saturated heterocycles. The Bertz CT molecular complexity index is 1200. The summed E-state index contributed by atoms with van der Waals surface area (Å²) in [7, 11) is 1.61. The first kappa shape index (κ1) is 29.2. The molecule has 0 aromatic heterocycles. The van der Waals surface area contributed by atoms with Crippen LogP contribution in [-0.2, 0) is 29.0 Å². The topological polar surface area (TPSA) is 67.9 Å². The second kappa shape index (κ2) is 14.6. The molecule has 1 N–H and O–H groups in total. The molecule has 0 aliphatic rings. The highest BCUT2D eigenvalue weighted by molar-refractivity contribution is 9.10. The number of aryl methyl sites for hydroxylation is 1. The minimum absolute atomic E-state index is 0.188. The van der Waals surface area contributed by atoms with Gasteiger partial charge in [0.15, 0.2) is 6.61 Å². The third-order valence-electron chi connectivity index (χ3n) is 6.20. The van der Waals surface area contributed by atoms with E-state index < -0.39 is 6.04 Å². The van der Waals surface area contributed by atoms with Gasteiger partial charge in [0.2, 0.25) is 5.91 Å². The molecule has 6 nitrogen and oxygen atoms in total. The van der Waals surface area contributed by atoms with Gasteiger partial charge in [0.05, 0.1) is 11.6 Å². The first-order valence-electron chi connectivity index (χ1n) is 13.0. The van der Waals surface area contributed by atoms with E-state index in [1.54, 1.807) is 12.0 Å². The van der Waals surface area contributed by atoms with Crippen LogP contribution in [0.15, 0.2) is 77.3 Å². The number of carbonyl (C=O) groups is 2. The van der Waals surface area contributed by atoms with E-state index in [4.69, 9.17) is 9.47 Å². The molecule has 202 valence electrons. The molecule has 3 aromatic rings. The lowest BCUT2D eigenvalue weighted by atomic mass is 10.0. The number of nitrogens with one attached hydrogen (secondary N) is 1. The summed E-state index contributed by atoms with van der Waals surface area (Å²) in [4.78, 5) is 28.9. The molecule has 0 aliphatic heterocycles. The molecule has 1 atom stereocenters. The van der Waals surface area contributed by atoms with E-state index in [2.05, 4.69) is 28.2 Å². The van der Waals surface area contributed by atoms with Gasteiger partial charge in [-0.1, -0.05) is 69.3 Å². The van der Waals surface area contributed by atoms with Crippen molar-refractivity contribution >= 4 is 27.7 Å². The maximum absolute atomic E-state index is 13.8. The zero-order chi connectivity index (χ0) is 27.5. The van der Waals surface area contributed by atoms with E-state index in [0.29, 0.717) is 24.5 Å². The number of rotatable bonds is 13. The first-order chi connectivity index (χ1) is 18.3. The fourth-order valence-electron chi connectivity index (χ4n) is 4.05. The first-order valence-corrected chi connectivity index (χ1v) is 13.7. The Balaban J connectivity index is 1.92. The Hall–Kier alpha value is -3.32. The Morgan fingerprint density at radius 1 is 0.947 bits per heavy atom. The lowest BCUT2D eigenvalue weighted by Crippen LogP contribution is -2.52. The molecule has 0 bridgehead atoms. The van der Waals surface area contributed by atoms with Crippen LogP contribution in [-0.4, -0.2) is 43.0 Å². The van der Waals surface area contributed by atoms with Crippen molar-refractivity contribution in [3.8, 4) is 11.5 Å². The summed E-state index contributed by atoms with van der Waals surface area (Å²) in [5, 5.41) is 3.04. The molecule has 0 unspecified atom stereocenters.